The number of anilines is 1. The maximum Gasteiger partial charge on any atom is 0.241 e. The van der Waals surface area contributed by atoms with E-state index >= 15 is 0 Å². The average molecular weight is 389 g/mol. The molecule has 0 fully saturated rings. The summed E-state index contributed by atoms with van der Waals surface area (Å²) in [6.07, 6.45) is 1.12. The summed E-state index contributed by atoms with van der Waals surface area (Å²) >= 11 is 0. The second-order valence-corrected chi connectivity index (χ2v) is 9.04. The number of rotatable bonds is 6. The van der Waals surface area contributed by atoms with Crippen LogP contribution >= 0.6 is 0 Å². The number of nitrogens with one attached hydrogen (secondary N) is 1. The van der Waals surface area contributed by atoms with E-state index in [4.69, 9.17) is 0 Å². The van der Waals surface area contributed by atoms with Crippen molar-refractivity contribution in [2.45, 2.75) is 40.7 Å². The lowest BCUT2D eigenvalue weighted by Gasteiger charge is -2.25. The van der Waals surface area contributed by atoms with Crippen LogP contribution in [0.3, 0.4) is 0 Å². The van der Waals surface area contributed by atoms with Gasteiger partial charge in [-0.05, 0) is 62.9 Å². The largest absolute Gasteiger partial charge is 0.348 e. The van der Waals surface area contributed by atoms with Crippen LogP contribution in [0.5, 0.6) is 0 Å². The van der Waals surface area contributed by atoms with E-state index in [2.05, 4.69) is 11.4 Å². The minimum absolute atomic E-state index is 0.210. The summed E-state index contributed by atoms with van der Waals surface area (Å²) in [4.78, 5) is 12.6. The van der Waals surface area contributed by atoms with E-state index in [-0.39, 0.29) is 18.5 Å². The fourth-order valence-corrected chi connectivity index (χ4v) is 4.10. The molecule has 1 atom stereocenters. The number of carbonyl (C=O) groups excluding carboxylic acids is 1. The van der Waals surface area contributed by atoms with Crippen molar-refractivity contribution in [1.82, 2.24) is 5.32 Å². The number of nitrogens with zero attached hydrogens (tertiary/aromatic N) is 1. The van der Waals surface area contributed by atoms with Gasteiger partial charge in [0.15, 0.2) is 0 Å². The van der Waals surface area contributed by atoms with E-state index < -0.39 is 10.0 Å². The summed E-state index contributed by atoms with van der Waals surface area (Å²) < 4.78 is 25.8. The zero-order chi connectivity index (χ0) is 20.4. The second-order valence-electron chi connectivity index (χ2n) is 7.14. The average Bonchev–Trinajstić information content (AvgIpc) is 2.54. The summed E-state index contributed by atoms with van der Waals surface area (Å²) in [7, 11) is -3.59. The summed E-state index contributed by atoms with van der Waals surface area (Å²) in [5.41, 5.74) is 5.63. The van der Waals surface area contributed by atoms with E-state index in [1.54, 1.807) is 12.1 Å². The Hall–Kier alpha value is -2.34. The standard InChI is InChI=1S/C21H28N2O3S/c1-14-10-11-19(16(3)12-14)18(5)22-21(24)13-23(27(6,25)26)20-9-7-8-15(2)17(20)4/h7-12,18H,13H2,1-6H3,(H,22,24). The Balaban J connectivity index is 2.23. The van der Waals surface area contributed by atoms with Gasteiger partial charge in [-0.15, -0.1) is 0 Å². The Morgan fingerprint density at radius 1 is 1.07 bits per heavy atom. The summed E-state index contributed by atoms with van der Waals surface area (Å²) in [5.74, 6) is -0.339. The molecule has 0 saturated heterocycles. The Morgan fingerprint density at radius 2 is 1.74 bits per heavy atom. The van der Waals surface area contributed by atoms with Gasteiger partial charge in [-0.2, -0.15) is 0 Å². The second kappa shape index (κ2) is 8.13. The first-order valence-corrected chi connectivity index (χ1v) is 10.8. The minimum Gasteiger partial charge on any atom is -0.348 e. The molecule has 146 valence electrons. The fraction of sp³-hybridized carbons (Fsp3) is 0.381. The molecule has 0 aliphatic rings. The first-order chi connectivity index (χ1) is 12.5. The number of benzene rings is 2. The number of carbonyl (C=O) groups is 1. The molecule has 0 saturated carbocycles. The van der Waals surface area contributed by atoms with Crippen LogP contribution in [0.25, 0.3) is 0 Å². The van der Waals surface area contributed by atoms with E-state index in [1.165, 1.54) is 4.31 Å². The van der Waals surface area contributed by atoms with Crippen molar-refractivity contribution in [3.63, 3.8) is 0 Å². The normalized spacial score (nSPS) is 12.5. The molecule has 2 rings (SSSR count). The fourth-order valence-electron chi connectivity index (χ4n) is 3.19. The van der Waals surface area contributed by atoms with Crippen LogP contribution in [0.2, 0.25) is 0 Å². The van der Waals surface area contributed by atoms with Gasteiger partial charge < -0.3 is 5.32 Å². The molecule has 1 N–H and O–H groups in total. The minimum atomic E-state index is -3.59. The SMILES string of the molecule is Cc1ccc(C(C)NC(=O)CN(c2cccc(C)c2C)S(C)(=O)=O)c(C)c1. The Bertz CT molecular complexity index is 952. The molecule has 0 bridgehead atoms. The summed E-state index contributed by atoms with van der Waals surface area (Å²) in [6.45, 7) is 9.45. The predicted octanol–water partition coefficient (Wildman–Crippen LogP) is 3.56. The van der Waals surface area contributed by atoms with E-state index in [9.17, 15) is 13.2 Å². The molecule has 1 unspecified atom stereocenters. The van der Waals surface area contributed by atoms with Crippen molar-refractivity contribution in [3.8, 4) is 0 Å². The van der Waals surface area contributed by atoms with Gasteiger partial charge in [-0.1, -0.05) is 35.9 Å². The van der Waals surface area contributed by atoms with Gasteiger partial charge in [0, 0.05) is 0 Å². The molecular formula is C21H28N2O3S. The van der Waals surface area contributed by atoms with Crippen LogP contribution in [-0.4, -0.2) is 27.1 Å². The third-order valence-corrected chi connectivity index (χ3v) is 5.93. The lowest BCUT2D eigenvalue weighted by Crippen LogP contribution is -2.41. The Morgan fingerprint density at radius 3 is 2.33 bits per heavy atom. The molecule has 0 aliphatic carbocycles. The molecule has 1 amide bonds. The zero-order valence-electron chi connectivity index (χ0n) is 16.8. The predicted molar refractivity (Wildman–Crippen MR) is 111 cm³/mol. The third-order valence-electron chi connectivity index (χ3n) is 4.80. The lowest BCUT2D eigenvalue weighted by molar-refractivity contribution is -0.120. The Labute approximate surface area is 162 Å². The number of aryl methyl sites for hydroxylation is 3. The molecule has 0 spiro atoms. The summed E-state index contributed by atoms with van der Waals surface area (Å²) in [6, 6.07) is 11.3. The van der Waals surface area contributed by atoms with Gasteiger partial charge in [0.25, 0.3) is 0 Å². The first-order valence-electron chi connectivity index (χ1n) is 8.91. The van der Waals surface area contributed by atoms with Crippen LogP contribution in [0.1, 0.15) is 40.8 Å². The van der Waals surface area contributed by atoms with Crippen molar-refractivity contribution in [2.24, 2.45) is 0 Å². The van der Waals surface area contributed by atoms with Gasteiger partial charge in [-0.3, -0.25) is 9.10 Å². The quantitative estimate of drug-likeness (QED) is 0.823. The van der Waals surface area contributed by atoms with Crippen molar-refractivity contribution in [3.05, 3.63) is 64.2 Å². The Kier molecular flexibility index (Phi) is 6.31. The van der Waals surface area contributed by atoms with Gasteiger partial charge in [0.1, 0.15) is 6.54 Å². The zero-order valence-corrected chi connectivity index (χ0v) is 17.6. The van der Waals surface area contributed by atoms with Gasteiger partial charge in [-0.25, -0.2) is 8.42 Å². The highest BCUT2D eigenvalue weighted by molar-refractivity contribution is 7.92. The first kappa shape index (κ1) is 21.0. The smallest absolute Gasteiger partial charge is 0.241 e. The van der Waals surface area contributed by atoms with E-state index in [0.717, 1.165) is 34.1 Å². The van der Waals surface area contributed by atoms with E-state index in [0.29, 0.717) is 5.69 Å². The van der Waals surface area contributed by atoms with Crippen LogP contribution < -0.4 is 9.62 Å². The van der Waals surface area contributed by atoms with Gasteiger partial charge >= 0.3 is 0 Å². The maximum absolute atomic E-state index is 12.6. The highest BCUT2D eigenvalue weighted by Crippen LogP contribution is 2.25. The number of hydrogen-bond donors (Lipinski definition) is 1. The molecule has 6 heteroatoms. The monoisotopic (exact) mass is 388 g/mol. The van der Waals surface area contributed by atoms with Gasteiger partial charge in [0.05, 0.1) is 18.0 Å². The van der Waals surface area contributed by atoms with Crippen molar-refractivity contribution in [1.29, 1.82) is 0 Å². The molecule has 2 aromatic rings. The third kappa shape index (κ3) is 5.10. The number of amides is 1. The van der Waals surface area contributed by atoms with Crippen LogP contribution in [0.4, 0.5) is 5.69 Å². The topological polar surface area (TPSA) is 66.5 Å². The van der Waals surface area contributed by atoms with Crippen LogP contribution in [0, 0.1) is 27.7 Å². The molecular weight excluding hydrogens is 360 g/mol. The highest BCUT2D eigenvalue weighted by atomic mass is 32.2. The van der Waals surface area contributed by atoms with Gasteiger partial charge in [0.2, 0.25) is 15.9 Å². The maximum atomic E-state index is 12.6. The van der Waals surface area contributed by atoms with Crippen molar-refractivity contribution in [2.75, 3.05) is 17.1 Å². The molecule has 0 aliphatic heterocycles. The van der Waals surface area contributed by atoms with E-state index in [1.807, 2.05) is 52.8 Å². The molecule has 2 aromatic carbocycles. The number of hydrogen-bond acceptors (Lipinski definition) is 3. The van der Waals surface area contributed by atoms with Crippen molar-refractivity contribution < 1.29 is 13.2 Å². The molecule has 0 heterocycles. The molecule has 27 heavy (non-hydrogen) atoms. The van der Waals surface area contributed by atoms with Crippen molar-refractivity contribution >= 4 is 21.6 Å². The molecule has 0 aromatic heterocycles. The molecule has 0 radical (unpaired) electrons. The van der Waals surface area contributed by atoms with Crippen LogP contribution in [-0.2, 0) is 14.8 Å². The highest BCUT2D eigenvalue weighted by Gasteiger charge is 2.23. The molecule has 5 nitrogen and oxygen atoms in total. The summed E-state index contributed by atoms with van der Waals surface area (Å²) in [5, 5.41) is 2.92. The number of sulfonamides is 1. The lowest BCUT2D eigenvalue weighted by atomic mass is 10.0. The van der Waals surface area contributed by atoms with Crippen LogP contribution in [0.15, 0.2) is 36.4 Å².